The normalized spacial score (nSPS) is 28.4. The number of carbonyl (C=O) groups excluding carboxylic acids is 2. The third-order valence-electron chi connectivity index (χ3n) is 5.37. The average molecular weight is 344 g/mol. The molecule has 3 unspecified atom stereocenters. The zero-order valence-electron chi connectivity index (χ0n) is 16.1. The first-order chi connectivity index (χ1) is 10.1. The Bertz CT molecular complexity index is 490. The number of carbonyl (C=O) groups is 2. The molecular weight excluding hydrogens is 310 g/mol. The summed E-state index contributed by atoms with van der Waals surface area (Å²) in [5.41, 5.74) is 3.69. The van der Waals surface area contributed by atoms with Gasteiger partial charge in [-0.15, -0.1) is 0 Å². The summed E-state index contributed by atoms with van der Waals surface area (Å²) < 4.78 is 11.6. The molecule has 3 atom stereocenters. The van der Waals surface area contributed by atoms with E-state index in [1.807, 2.05) is 6.92 Å². The van der Waals surface area contributed by atoms with Crippen LogP contribution in [0.3, 0.4) is 0 Å². The standard InChI is InChI=1S/C17H33NO4Si/c1-11-12(10-21-23(8,9)16(5,6)7)17(11,13(18)19)14(20)22-15(2,3)4/h11-12H,10H2,1-9H3,(H2,18,19). The Labute approximate surface area is 141 Å². The predicted octanol–water partition coefficient (Wildman–Crippen LogP) is 3.09. The second-order valence-electron chi connectivity index (χ2n) is 9.20. The van der Waals surface area contributed by atoms with Crippen LogP contribution >= 0.6 is 0 Å². The van der Waals surface area contributed by atoms with Crippen LogP contribution in [-0.2, 0) is 18.8 Å². The van der Waals surface area contributed by atoms with Crippen LogP contribution in [-0.4, -0.2) is 32.4 Å². The molecule has 0 aromatic rings. The molecule has 0 bridgehead atoms. The zero-order valence-corrected chi connectivity index (χ0v) is 17.1. The summed E-state index contributed by atoms with van der Waals surface area (Å²) in [6.45, 7) is 18.4. The minimum absolute atomic E-state index is 0.0758. The van der Waals surface area contributed by atoms with Crippen molar-refractivity contribution in [3.8, 4) is 0 Å². The summed E-state index contributed by atoms with van der Waals surface area (Å²) in [5, 5.41) is 0.0758. The van der Waals surface area contributed by atoms with Gasteiger partial charge in [0.05, 0.1) is 0 Å². The second kappa shape index (κ2) is 5.88. The molecule has 2 N–H and O–H groups in total. The number of rotatable bonds is 5. The van der Waals surface area contributed by atoms with Crippen molar-refractivity contribution in [1.29, 1.82) is 0 Å². The van der Waals surface area contributed by atoms with Crippen molar-refractivity contribution < 1.29 is 18.8 Å². The molecule has 0 aromatic heterocycles. The molecule has 5 nitrogen and oxygen atoms in total. The van der Waals surface area contributed by atoms with E-state index in [1.165, 1.54) is 0 Å². The fraction of sp³-hybridized carbons (Fsp3) is 0.882. The van der Waals surface area contributed by atoms with Crippen molar-refractivity contribution in [2.45, 2.75) is 72.2 Å². The van der Waals surface area contributed by atoms with Gasteiger partial charge in [-0.3, -0.25) is 9.59 Å². The number of nitrogens with two attached hydrogens (primary N) is 1. The van der Waals surface area contributed by atoms with Gasteiger partial charge >= 0.3 is 5.97 Å². The minimum Gasteiger partial charge on any atom is -0.459 e. The summed E-state index contributed by atoms with van der Waals surface area (Å²) in [6.07, 6.45) is 0. The highest BCUT2D eigenvalue weighted by molar-refractivity contribution is 6.74. The maximum Gasteiger partial charge on any atom is 0.322 e. The quantitative estimate of drug-likeness (QED) is 0.473. The van der Waals surface area contributed by atoms with Crippen molar-refractivity contribution in [3.63, 3.8) is 0 Å². The van der Waals surface area contributed by atoms with Gasteiger partial charge in [0, 0.05) is 12.5 Å². The first-order valence-corrected chi connectivity index (χ1v) is 11.2. The van der Waals surface area contributed by atoms with E-state index in [1.54, 1.807) is 20.8 Å². The molecule has 1 fully saturated rings. The summed E-state index contributed by atoms with van der Waals surface area (Å²) in [6, 6.07) is 0. The average Bonchev–Trinajstić information content (AvgIpc) is 2.89. The summed E-state index contributed by atoms with van der Waals surface area (Å²) in [7, 11) is -1.94. The third-order valence-corrected chi connectivity index (χ3v) is 9.87. The molecule has 1 rings (SSSR count). The Hall–Kier alpha value is -0.883. The molecule has 0 radical (unpaired) electrons. The monoisotopic (exact) mass is 343 g/mol. The van der Waals surface area contributed by atoms with Crippen LogP contribution in [0.25, 0.3) is 0 Å². The van der Waals surface area contributed by atoms with Crippen molar-refractivity contribution in [3.05, 3.63) is 0 Å². The molecule has 1 aliphatic rings. The molecule has 0 spiro atoms. The second-order valence-corrected chi connectivity index (χ2v) is 14.0. The molecule has 0 aromatic carbocycles. The SMILES string of the molecule is CC1C(CO[Si](C)(C)C(C)(C)C)C1(C(N)=O)C(=O)OC(C)(C)C. The highest BCUT2D eigenvalue weighted by Crippen LogP contribution is 2.60. The first kappa shape index (κ1) is 20.2. The Morgan fingerprint density at radius 3 is 1.96 bits per heavy atom. The van der Waals surface area contributed by atoms with Crippen LogP contribution in [0, 0.1) is 17.3 Å². The van der Waals surface area contributed by atoms with Gasteiger partial charge in [0.2, 0.25) is 5.91 Å². The number of hydrogen-bond donors (Lipinski definition) is 1. The summed E-state index contributed by atoms with van der Waals surface area (Å²) >= 11 is 0. The topological polar surface area (TPSA) is 78.6 Å². The fourth-order valence-corrected chi connectivity index (χ4v) is 3.68. The highest BCUT2D eigenvalue weighted by atomic mass is 28.4. The van der Waals surface area contributed by atoms with E-state index in [2.05, 4.69) is 33.9 Å². The van der Waals surface area contributed by atoms with Crippen LogP contribution in [0.4, 0.5) is 0 Å². The van der Waals surface area contributed by atoms with Gasteiger partial charge < -0.3 is 14.9 Å². The van der Waals surface area contributed by atoms with Crippen LogP contribution in [0.1, 0.15) is 48.5 Å². The molecule has 6 heteroatoms. The number of hydrogen-bond acceptors (Lipinski definition) is 4. The Balaban J connectivity index is 2.90. The largest absolute Gasteiger partial charge is 0.459 e. The molecule has 0 saturated heterocycles. The molecule has 134 valence electrons. The van der Waals surface area contributed by atoms with Crippen LogP contribution in [0.5, 0.6) is 0 Å². The lowest BCUT2D eigenvalue weighted by Gasteiger charge is -2.36. The van der Waals surface area contributed by atoms with Gasteiger partial charge in [0.1, 0.15) is 5.60 Å². The van der Waals surface area contributed by atoms with Crippen LogP contribution < -0.4 is 5.73 Å². The van der Waals surface area contributed by atoms with Crippen molar-refractivity contribution in [1.82, 2.24) is 0 Å². The van der Waals surface area contributed by atoms with E-state index < -0.39 is 31.2 Å². The molecule has 1 amide bonds. The maximum atomic E-state index is 12.6. The number of ether oxygens (including phenoxy) is 1. The number of primary amides is 1. The molecule has 0 heterocycles. The molecule has 0 aliphatic heterocycles. The molecular formula is C17H33NO4Si. The zero-order chi connectivity index (χ0) is 18.4. The van der Waals surface area contributed by atoms with E-state index in [0.717, 1.165) is 0 Å². The Kier molecular flexibility index (Phi) is 5.16. The Morgan fingerprint density at radius 2 is 1.61 bits per heavy atom. The lowest BCUT2D eigenvalue weighted by atomic mass is 10.0. The van der Waals surface area contributed by atoms with Crippen LogP contribution in [0.2, 0.25) is 18.1 Å². The molecule has 1 saturated carbocycles. The van der Waals surface area contributed by atoms with Gasteiger partial charge in [0.15, 0.2) is 13.7 Å². The van der Waals surface area contributed by atoms with Crippen molar-refractivity contribution in [2.24, 2.45) is 23.0 Å². The first-order valence-electron chi connectivity index (χ1n) is 8.24. The van der Waals surface area contributed by atoms with Gasteiger partial charge in [0.25, 0.3) is 0 Å². The fourth-order valence-electron chi connectivity index (χ4n) is 2.65. The minimum atomic E-state index is -1.94. The van der Waals surface area contributed by atoms with Gasteiger partial charge in [-0.1, -0.05) is 27.7 Å². The van der Waals surface area contributed by atoms with E-state index in [4.69, 9.17) is 14.9 Å². The lowest BCUT2D eigenvalue weighted by molar-refractivity contribution is -0.165. The third kappa shape index (κ3) is 3.79. The van der Waals surface area contributed by atoms with Gasteiger partial charge in [-0.2, -0.15) is 0 Å². The van der Waals surface area contributed by atoms with E-state index in [9.17, 15) is 9.59 Å². The van der Waals surface area contributed by atoms with Crippen molar-refractivity contribution in [2.75, 3.05) is 6.61 Å². The maximum absolute atomic E-state index is 12.6. The summed E-state index contributed by atoms with van der Waals surface area (Å²) in [4.78, 5) is 24.6. The lowest BCUT2D eigenvalue weighted by Crippen LogP contribution is -2.43. The predicted molar refractivity (Wildman–Crippen MR) is 93.3 cm³/mol. The van der Waals surface area contributed by atoms with Gasteiger partial charge in [-0.25, -0.2) is 0 Å². The van der Waals surface area contributed by atoms with Crippen LogP contribution in [0.15, 0.2) is 0 Å². The molecule has 23 heavy (non-hydrogen) atoms. The van der Waals surface area contributed by atoms with E-state index >= 15 is 0 Å². The van der Waals surface area contributed by atoms with E-state index in [0.29, 0.717) is 6.61 Å². The van der Waals surface area contributed by atoms with Gasteiger partial charge in [-0.05, 0) is 44.8 Å². The number of esters is 1. The highest BCUT2D eigenvalue weighted by Gasteiger charge is 2.73. The number of amides is 1. The Morgan fingerprint density at radius 1 is 1.13 bits per heavy atom. The summed E-state index contributed by atoms with van der Waals surface area (Å²) in [5.74, 6) is -1.49. The smallest absolute Gasteiger partial charge is 0.322 e. The molecule has 1 aliphatic carbocycles. The van der Waals surface area contributed by atoms with E-state index in [-0.39, 0.29) is 16.9 Å². The van der Waals surface area contributed by atoms with Crippen molar-refractivity contribution >= 4 is 20.2 Å².